The number of carboxylic acid groups (broad SMARTS) is 1. The molecule has 0 bridgehead atoms. The number of hydrogen-bond acceptors (Lipinski definition) is 5. The van der Waals surface area contributed by atoms with Crippen LogP contribution in [-0.4, -0.2) is 39.5 Å². The highest BCUT2D eigenvalue weighted by Gasteiger charge is 2.13. The van der Waals surface area contributed by atoms with E-state index in [-0.39, 0.29) is 6.42 Å². The van der Waals surface area contributed by atoms with E-state index in [9.17, 15) is 10.1 Å². The van der Waals surface area contributed by atoms with Gasteiger partial charge < -0.3 is 10.0 Å². The highest BCUT2D eigenvalue weighted by molar-refractivity contribution is 5.69. The number of hydrogen-bond donors (Lipinski definition) is 1. The van der Waals surface area contributed by atoms with E-state index in [4.69, 9.17) is 5.11 Å². The van der Waals surface area contributed by atoms with E-state index in [0.29, 0.717) is 30.4 Å². The number of carboxylic acids is 1. The molecule has 3 rings (SSSR count). The Morgan fingerprint density at radius 3 is 2.47 bits per heavy atom. The summed E-state index contributed by atoms with van der Waals surface area (Å²) in [5.74, 6) is 0.290. The normalized spacial score (nSPS) is 11.1. The lowest BCUT2D eigenvalue weighted by molar-refractivity contribution is -0.137. The summed E-state index contributed by atoms with van der Waals surface area (Å²) in [6.07, 6.45) is 5.51. The molecule has 0 aliphatic heterocycles. The molecule has 6 nitrogen and oxygen atoms in total. The first-order valence-corrected chi connectivity index (χ1v) is 11.7. The molecular weight excluding hydrogens is 424 g/mol. The van der Waals surface area contributed by atoms with Gasteiger partial charge in [0.25, 0.3) is 0 Å². The number of rotatable bonds is 10. The third-order valence-corrected chi connectivity index (χ3v) is 5.85. The van der Waals surface area contributed by atoms with Gasteiger partial charge in [-0.3, -0.25) is 4.79 Å². The van der Waals surface area contributed by atoms with Crippen LogP contribution in [0.5, 0.6) is 0 Å². The Kier molecular flexibility index (Phi) is 8.50. The molecule has 6 heteroatoms. The van der Waals surface area contributed by atoms with Gasteiger partial charge in [-0.05, 0) is 54.1 Å². The van der Waals surface area contributed by atoms with Crippen LogP contribution in [0.1, 0.15) is 49.4 Å². The van der Waals surface area contributed by atoms with E-state index >= 15 is 0 Å². The van der Waals surface area contributed by atoms with Crippen LogP contribution in [0.15, 0.2) is 48.8 Å². The molecule has 0 aliphatic rings. The Morgan fingerprint density at radius 1 is 1.12 bits per heavy atom. The minimum absolute atomic E-state index is 0.124. The zero-order chi connectivity index (χ0) is 24.7. The molecule has 34 heavy (non-hydrogen) atoms. The number of carbonyl (C=O) groups is 1. The summed E-state index contributed by atoms with van der Waals surface area (Å²) in [6, 6.07) is 14.4. The van der Waals surface area contributed by atoms with Crippen molar-refractivity contribution in [2.45, 2.75) is 46.6 Å². The fourth-order valence-corrected chi connectivity index (χ4v) is 4.18. The summed E-state index contributed by atoms with van der Waals surface area (Å²) in [7, 11) is 1.94. The second-order valence-electron chi connectivity index (χ2n) is 9.06. The van der Waals surface area contributed by atoms with Gasteiger partial charge in [0.2, 0.25) is 0 Å². The summed E-state index contributed by atoms with van der Waals surface area (Å²) in [5, 5.41) is 18.5. The molecule has 176 valence electrons. The van der Waals surface area contributed by atoms with Gasteiger partial charge in [0.15, 0.2) is 5.82 Å². The molecule has 0 saturated carbocycles. The Hall–Kier alpha value is -3.56. The van der Waals surface area contributed by atoms with Crippen molar-refractivity contribution < 1.29 is 9.90 Å². The van der Waals surface area contributed by atoms with Gasteiger partial charge in [-0.2, -0.15) is 5.26 Å². The fourth-order valence-electron chi connectivity index (χ4n) is 4.18. The number of nitrogens with zero attached hydrogens (tertiary/aromatic N) is 4. The van der Waals surface area contributed by atoms with Crippen molar-refractivity contribution in [1.82, 2.24) is 14.9 Å². The standard InChI is InChI=1S/C28H32N4O2/c1-5-25-22(18-32(4)12-11-27(33)34)7-6-8-26(25)24-16-30-28(31-17-24)21-10-9-20(13-19(2)3)23(14-21)15-29/h6-10,14,16-17,19H,5,11-13,18H2,1-4H3,(H,33,34). The highest BCUT2D eigenvalue weighted by atomic mass is 16.4. The highest BCUT2D eigenvalue weighted by Crippen LogP contribution is 2.28. The molecule has 0 fully saturated rings. The topological polar surface area (TPSA) is 90.1 Å². The first kappa shape index (κ1) is 25.1. The van der Waals surface area contributed by atoms with Crippen molar-refractivity contribution >= 4 is 5.97 Å². The van der Waals surface area contributed by atoms with Crippen molar-refractivity contribution in [2.75, 3.05) is 13.6 Å². The smallest absolute Gasteiger partial charge is 0.304 e. The zero-order valence-electron chi connectivity index (χ0n) is 20.4. The minimum atomic E-state index is -0.787. The summed E-state index contributed by atoms with van der Waals surface area (Å²) in [6.45, 7) is 7.59. The van der Waals surface area contributed by atoms with E-state index in [0.717, 1.165) is 35.1 Å². The van der Waals surface area contributed by atoms with Crippen molar-refractivity contribution in [1.29, 1.82) is 5.26 Å². The molecule has 0 amide bonds. The van der Waals surface area contributed by atoms with Crippen molar-refractivity contribution in [3.8, 4) is 28.6 Å². The summed E-state index contributed by atoms with van der Waals surface area (Å²) < 4.78 is 0. The van der Waals surface area contributed by atoms with Gasteiger partial charge in [0.05, 0.1) is 18.1 Å². The lowest BCUT2D eigenvalue weighted by atomic mass is 9.94. The van der Waals surface area contributed by atoms with Crippen molar-refractivity contribution in [3.05, 3.63) is 71.0 Å². The monoisotopic (exact) mass is 456 g/mol. The average Bonchev–Trinajstić information content (AvgIpc) is 2.82. The molecule has 0 aliphatic carbocycles. The third kappa shape index (κ3) is 6.27. The quantitative estimate of drug-likeness (QED) is 0.442. The van der Waals surface area contributed by atoms with Gasteiger partial charge in [-0.15, -0.1) is 0 Å². The third-order valence-electron chi connectivity index (χ3n) is 5.85. The number of aromatic nitrogens is 2. The molecule has 0 spiro atoms. The predicted molar refractivity (Wildman–Crippen MR) is 134 cm³/mol. The number of aliphatic carboxylic acids is 1. The second-order valence-corrected chi connectivity index (χ2v) is 9.06. The SMILES string of the molecule is CCc1c(CN(C)CCC(=O)O)cccc1-c1cnc(-c2ccc(CC(C)C)c(C#N)c2)nc1. The predicted octanol–water partition coefficient (Wildman–Crippen LogP) is 5.35. The molecule has 2 aromatic carbocycles. The minimum Gasteiger partial charge on any atom is -0.481 e. The van der Waals surface area contributed by atoms with Crippen molar-refractivity contribution in [3.63, 3.8) is 0 Å². The van der Waals surface area contributed by atoms with Crippen LogP contribution in [0, 0.1) is 17.2 Å². The molecule has 0 atom stereocenters. The van der Waals surface area contributed by atoms with Crippen LogP contribution >= 0.6 is 0 Å². The maximum atomic E-state index is 10.9. The van der Waals surface area contributed by atoms with Crippen LogP contribution < -0.4 is 0 Å². The molecule has 3 aromatic rings. The lowest BCUT2D eigenvalue weighted by Gasteiger charge is -2.20. The Labute approximate surface area is 201 Å². The van der Waals surface area contributed by atoms with Crippen LogP contribution in [0.2, 0.25) is 0 Å². The molecule has 0 saturated heterocycles. The van der Waals surface area contributed by atoms with E-state index in [2.05, 4.69) is 48.9 Å². The maximum absolute atomic E-state index is 10.9. The van der Waals surface area contributed by atoms with Crippen LogP contribution in [0.4, 0.5) is 0 Å². The van der Waals surface area contributed by atoms with Gasteiger partial charge in [-0.1, -0.05) is 51.1 Å². The largest absolute Gasteiger partial charge is 0.481 e. The molecule has 1 heterocycles. The van der Waals surface area contributed by atoms with Gasteiger partial charge in [0.1, 0.15) is 0 Å². The van der Waals surface area contributed by atoms with Crippen LogP contribution in [0.25, 0.3) is 22.5 Å². The second kappa shape index (κ2) is 11.5. The Morgan fingerprint density at radius 2 is 1.85 bits per heavy atom. The summed E-state index contributed by atoms with van der Waals surface area (Å²) >= 11 is 0. The van der Waals surface area contributed by atoms with E-state index in [1.807, 2.05) is 48.6 Å². The number of benzene rings is 2. The molecule has 1 aromatic heterocycles. The first-order valence-electron chi connectivity index (χ1n) is 11.7. The van der Waals surface area contributed by atoms with E-state index in [1.165, 1.54) is 11.1 Å². The van der Waals surface area contributed by atoms with E-state index in [1.54, 1.807) is 0 Å². The fraction of sp³-hybridized carbons (Fsp3) is 0.357. The number of nitriles is 1. The zero-order valence-corrected chi connectivity index (χ0v) is 20.4. The Balaban J connectivity index is 1.86. The lowest BCUT2D eigenvalue weighted by Crippen LogP contribution is -2.22. The van der Waals surface area contributed by atoms with Crippen LogP contribution in [-0.2, 0) is 24.2 Å². The van der Waals surface area contributed by atoms with Crippen LogP contribution in [0.3, 0.4) is 0 Å². The van der Waals surface area contributed by atoms with Gasteiger partial charge >= 0.3 is 5.97 Å². The molecular formula is C28H32N4O2. The first-order chi connectivity index (χ1) is 16.3. The Bertz CT molecular complexity index is 1180. The van der Waals surface area contributed by atoms with Crippen molar-refractivity contribution in [2.24, 2.45) is 5.92 Å². The molecule has 1 N–H and O–H groups in total. The average molecular weight is 457 g/mol. The van der Waals surface area contributed by atoms with E-state index < -0.39 is 5.97 Å². The van der Waals surface area contributed by atoms with Gasteiger partial charge in [-0.25, -0.2) is 9.97 Å². The van der Waals surface area contributed by atoms with Gasteiger partial charge in [0, 0.05) is 36.6 Å². The maximum Gasteiger partial charge on any atom is 0.304 e. The molecule has 0 unspecified atom stereocenters. The molecule has 0 radical (unpaired) electrons. The summed E-state index contributed by atoms with van der Waals surface area (Å²) in [4.78, 5) is 22.1. The summed E-state index contributed by atoms with van der Waals surface area (Å²) in [5.41, 5.74) is 6.97.